The molecule has 0 spiro atoms. The Hall–Kier alpha value is -1.84. The molecule has 0 atom stereocenters. The number of benzene rings is 1. The minimum Gasteiger partial charge on any atom is -0.359 e. The number of carbonyl (C=O) groups excluding carboxylic acids is 2. The van der Waals surface area contributed by atoms with Gasteiger partial charge in [-0.1, -0.05) is 12.1 Å². The summed E-state index contributed by atoms with van der Waals surface area (Å²) in [5.41, 5.74) is 1.69. The van der Waals surface area contributed by atoms with Gasteiger partial charge in [0.15, 0.2) is 0 Å². The lowest BCUT2D eigenvalue weighted by Crippen LogP contribution is -2.51. The predicted molar refractivity (Wildman–Crippen MR) is 93.4 cm³/mol. The molecule has 24 heavy (non-hydrogen) atoms. The van der Waals surface area contributed by atoms with Crippen LogP contribution in [0, 0.1) is 23.2 Å². The van der Waals surface area contributed by atoms with E-state index in [9.17, 15) is 9.59 Å². The molecule has 4 aliphatic carbocycles. The monoisotopic (exact) mass is 326 g/mol. The highest BCUT2D eigenvalue weighted by atomic mass is 16.2. The van der Waals surface area contributed by atoms with Gasteiger partial charge in [0.05, 0.1) is 11.8 Å². The van der Waals surface area contributed by atoms with Gasteiger partial charge in [0.25, 0.3) is 0 Å². The van der Waals surface area contributed by atoms with Crippen LogP contribution < -0.4 is 10.6 Å². The van der Waals surface area contributed by atoms with Crippen LogP contribution in [0.1, 0.15) is 44.1 Å². The van der Waals surface area contributed by atoms with Crippen LogP contribution in [-0.4, -0.2) is 18.9 Å². The van der Waals surface area contributed by atoms with Crippen LogP contribution in [-0.2, 0) is 16.0 Å². The molecule has 4 heteroatoms. The fraction of sp³-hybridized carbons (Fsp3) is 0.600. The summed E-state index contributed by atoms with van der Waals surface area (Å²) >= 11 is 0. The number of nitrogens with one attached hydrogen (secondary N) is 2. The van der Waals surface area contributed by atoms with Crippen molar-refractivity contribution in [3.8, 4) is 0 Å². The Morgan fingerprint density at radius 1 is 1.00 bits per heavy atom. The molecule has 0 aromatic heterocycles. The van der Waals surface area contributed by atoms with E-state index in [-0.39, 0.29) is 17.2 Å². The Balaban J connectivity index is 1.44. The Labute approximate surface area is 143 Å². The van der Waals surface area contributed by atoms with E-state index in [1.54, 1.807) is 7.05 Å². The molecule has 0 heterocycles. The maximum atomic E-state index is 13.0. The smallest absolute Gasteiger partial charge is 0.230 e. The molecule has 2 N–H and O–H groups in total. The van der Waals surface area contributed by atoms with Crippen molar-refractivity contribution >= 4 is 17.5 Å². The van der Waals surface area contributed by atoms with E-state index in [1.165, 1.54) is 19.3 Å². The molecule has 4 nitrogen and oxygen atoms in total. The van der Waals surface area contributed by atoms with Gasteiger partial charge in [-0.05, 0) is 74.0 Å². The summed E-state index contributed by atoms with van der Waals surface area (Å²) in [7, 11) is 1.64. The van der Waals surface area contributed by atoms with Crippen LogP contribution in [0.5, 0.6) is 0 Å². The van der Waals surface area contributed by atoms with Crippen LogP contribution in [0.25, 0.3) is 0 Å². The van der Waals surface area contributed by atoms with Gasteiger partial charge in [-0.2, -0.15) is 0 Å². The topological polar surface area (TPSA) is 58.2 Å². The molecule has 2 amide bonds. The molecule has 1 aromatic rings. The molecule has 5 rings (SSSR count). The Bertz CT molecular complexity index is 615. The number of carbonyl (C=O) groups is 2. The fourth-order valence-electron chi connectivity index (χ4n) is 5.63. The van der Waals surface area contributed by atoms with Crippen LogP contribution in [0.4, 0.5) is 5.69 Å². The van der Waals surface area contributed by atoms with Gasteiger partial charge < -0.3 is 10.6 Å². The van der Waals surface area contributed by atoms with Gasteiger partial charge in [-0.25, -0.2) is 0 Å². The van der Waals surface area contributed by atoms with Crippen molar-refractivity contribution in [2.24, 2.45) is 23.2 Å². The Kier molecular flexibility index (Phi) is 3.86. The molecule has 4 fully saturated rings. The second kappa shape index (κ2) is 5.91. The van der Waals surface area contributed by atoms with Crippen molar-refractivity contribution in [2.45, 2.75) is 44.9 Å². The summed E-state index contributed by atoms with van der Waals surface area (Å²) in [5.74, 6) is 2.55. The van der Waals surface area contributed by atoms with Gasteiger partial charge in [0.1, 0.15) is 0 Å². The van der Waals surface area contributed by atoms with E-state index in [1.807, 2.05) is 24.3 Å². The van der Waals surface area contributed by atoms with Gasteiger partial charge in [-0.3, -0.25) is 9.59 Å². The first-order valence-corrected chi connectivity index (χ1v) is 9.17. The third kappa shape index (κ3) is 2.83. The second-order valence-electron chi connectivity index (χ2n) is 8.20. The first-order valence-electron chi connectivity index (χ1n) is 9.17. The Morgan fingerprint density at radius 3 is 2.04 bits per heavy atom. The maximum absolute atomic E-state index is 13.0. The minimum absolute atomic E-state index is 0.000327. The largest absolute Gasteiger partial charge is 0.359 e. The molecule has 128 valence electrons. The third-order valence-corrected chi connectivity index (χ3v) is 6.38. The summed E-state index contributed by atoms with van der Waals surface area (Å²) in [5, 5.41) is 5.78. The van der Waals surface area contributed by atoms with E-state index >= 15 is 0 Å². The van der Waals surface area contributed by atoms with Crippen molar-refractivity contribution in [3.05, 3.63) is 29.8 Å². The predicted octanol–water partition coefficient (Wildman–Crippen LogP) is 3.13. The molecule has 0 unspecified atom stereocenters. The van der Waals surface area contributed by atoms with Gasteiger partial charge >= 0.3 is 0 Å². The van der Waals surface area contributed by atoms with Crippen molar-refractivity contribution < 1.29 is 9.59 Å². The molecule has 4 aliphatic rings. The molecule has 0 radical (unpaired) electrons. The summed E-state index contributed by atoms with van der Waals surface area (Å²) in [6.45, 7) is 0. The number of rotatable bonds is 4. The highest BCUT2D eigenvalue weighted by Gasteiger charge is 2.54. The molecule has 1 aromatic carbocycles. The van der Waals surface area contributed by atoms with Gasteiger partial charge in [0, 0.05) is 12.7 Å². The zero-order valence-electron chi connectivity index (χ0n) is 14.3. The second-order valence-corrected chi connectivity index (χ2v) is 8.20. The fourth-order valence-corrected chi connectivity index (χ4v) is 5.63. The maximum Gasteiger partial charge on any atom is 0.230 e. The van der Waals surface area contributed by atoms with Crippen LogP contribution >= 0.6 is 0 Å². The lowest BCUT2D eigenvalue weighted by Gasteiger charge is -2.55. The van der Waals surface area contributed by atoms with Crippen molar-refractivity contribution in [1.29, 1.82) is 0 Å². The standard InChI is InChI=1S/C20H26N2O2/c1-21-18(23)9-13-2-4-17(5-3-13)22-19(24)20-10-14-6-15(11-20)8-16(7-14)12-20/h2-5,14-16H,6-12H2,1H3,(H,21,23)(H,22,24). The number of anilines is 1. The quantitative estimate of drug-likeness (QED) is 0.893. The highest BCUT2D eigenvalue weighted by Crippen LogP contribution is 2.60. The first-order chi connectivity index (χ1) is 11.6. The van der Waals surface area contributed by atoms with Crippen molar-refractivity contribution in [3.63, 3.8) is 0 Å². The Morgan fingerprint density at radius 2 is 1.54 bits per heavy atom. The lowest BCUT2D eigenvalue weighted by molar-refractivity contribution is -0.140. The molecule has 4 bridgehead atoms. The molecular weight excluding hydrogens is 300 g/mol. The molecular formula is C20H26N2O2. The summed E-state index contributed by atoms with van der Waals surface area (Å²) in [6.07, 6.45) is 7.67. The number of hydrogen-bond donors (Lipinski definition) is 2. The summed E-state index contributed by atoms with van der Waals surface area (Å²) in [4.78, 5) is 24.4. The van der Waals surface area contributed by atoms with Crippen molar-refractivity contribution in [2.75, 3.05) is 12.4 Å². The third-order valence-electron chi connectivity index (χ3n) is 6.38. The van der Waals surface area contributed by atoms with E-state index in [2.05, 4.69) is 10.6 Å². The SMILES string of the molecule is CNC(=O)Cc1ccc(NC(=O)C23CC4CC(CC(C4)C2)C3)cc1. The van der Waals surface area contributed by atoms with Crippen LogP contribution in [0.3, 0.4) is 0 Å². The van der Waals surface area contributed by atoms with E-state index in [4.69, 9.17) is 0 Å². The number of amides is 2. The van der Waals surface area contributed by atoms with Crippen LogP contribution in [0.2, 0.25) is 0 Å². The number of likely N-dealkylation sites (N-methyl/N-ethyl adjacent to an activating group) is 1. The van der Waals surface area contributed by atoms with Gasteiger partial charge in [-0.15, -0.1) is 0 Å². The zero-order chi connectivity index (χ0) is 16.7. The average molecular weight is 326 g/mol. The summed E-state index contributed by atoms with van der Waals surface area (Å²) < 4.78 is 0. The highest BCUT2D eigenvalue weighted by molar-refractivity contribution is 5.95. The van der Waals surface area contributed by atoms with E-state index in [0.29, 0.717) is 6.42 Å². The zero-order valence-corrected chi connectivity index (χ0v) is 14.3. The number of hydrogen-bond acceptors (Lipinski definition) is 2. The molecule has 4 saturated carbocycles. The van der Waals surface area contributed by atoms with Gasteiger partial charge in [0.2, 0.25) is 11.8 Å². The average Bonchev–Trinajstić information content (AvgIpc) is 2.55. The van der Waals surface area contributed by atoms with E-state index in [0.717, 1.165) is 48.3 Å². The minimum atomic E-state index is -0.116. The molecule has 0 aliphatic heterocycles. The van der Waals surface area contributed by atoms with Crippen molar-refractivity contribution in [1.82, 2.24) is 5.32 Å². The van der Waals surface area contributed by atoms with E-state index < -0.39 is 0 Å². The normalized spacial score (nSPS) is 33.3. The molecule has 0 saturated heterocycles. The van der Waals surface area contributed by atoms with Crippen LogP contribution in [0.15, 0.2) is 24.3 Å². The first kappa shape index (κ1) is 15.7. The lowest BCUT2D eigenvalue weighted by atomic mass is 9.49. The summed E-state index contributed by atoms with van der Waals surface area (Å²) in [6, 6.07) is 7.67.